The maximum Gasteiger partial charge on any atom is 0.178 e. The Morgan fingerprint density at radius 1 is 1.50 bits per heavy atom. The lowest BCUT2D eigenvalue weighted by Gasteiger charge is -2.10. The van der Waals surface area contributed by atoms with Gasteiger partial charge < -0.3 is 10.8 Å². The van der Waals surface area contributed by atoms with Crippen LogP contribution in [0.4, 0.5) is 4.39 Å². The molecule has 0 radical (unpaired) electrons. The van der Waals surface area contributed by atoms with E-state index >= 15 is 0 Å². The molecule has 0 aliphatic heterocycles. The van der Waals surface area contributed by atoms with Gasteiger partial charge in [0.1, 0.15) is 5.82 Å². The summed E-state index contributed by atoms with van der Waals surface area (Å²) in [4.78, 5) is -0.0682. The van der Waals surface area contributed by atoms with E-state index in [0.717, 1.165) is 6.07 Å². The second-order valence-electron chi connectivity index (χ2n) is 3.38. The largest absolute Gasteiger partial charge is 0.394 e. The van der Waals surface area contributed by atoms with Gasteiger partial charge in [0.2, 0.25) is 0 Å². The Morgan fingerprint density at radius 3 is 2.56 bits per heavy atom. The number of aliphatic hydroxyl groups excluding tert-OH is 1. The summed E-state index contributed by atoms with van der Waals surface area (Å²) in [5.74, 6) is -0.797. The van der Waals surface area contributed by atoms with Gasteiger partial charge in [-0.2, -0.15) is 0 Å². The lowest BCUT2D eigenvalue weighted by Crippen LogP contribution is -2.16. The molecule has 3 N–H and O–H groups in total. The molecule has 4 nitrogen and oxygen atoms in total. The van der Waals surface area contributed by atoms with Gasteiger partial charge in [0, 0.05) is 5.56 Å². The lowest BCUT2D eigenvalue weighted by atomic mass is 10.1. The topological polar surface area (TPSA) is 80.4 Å². The molecule has 0 aliphatic rings. The number of sulfone groups is 1. The summed E-state index contributed by atoms with van der Waals surface area (Å²) >= 11 is 0. The Balaban J connectivity index is 3.19. The minimum atomic E-state index is -3.41. The molecule has 0 bridgehead atoms. The van der Waals surface area contributed by atoms with Crippen LogP contribution in [0.25, 0.3) is 0 Å². The molecule has 1 aromatic carbocycles. The van der Waals surface area contributed by atoms with Crippen LogP contribution in [0.15, 0.2) is 23.1 Å². The van der Waals surface area contributed by atoms with Gasteiger partial charge in [0.05, 0.1) is 23.3 Å². The molecule has 1 atom stereocenters. The zero-order valence-corrected chi connectivity index (χ0v) is 9.67. The number of hydrogen-bond donors (Lipinski definition) is 2. The van der Waals surface area contributed by atoms with Gasteiger partial charge in [-0.05, 0) is 12.1 Å². The van der Waals surface area contributed by atoms with Crippen LogP contribution in [0.1, 0.15) is 18.5 Å². The van der Waals surface area contributed by atoms with Gasteiger partial charge in [-0.15, -0.1) is 0 Å². The fraction of sp³-hybridized carbons (Fsp3) is 0.400. The van der Waals surface area contributed by atoms with Crippen molar-refractivity contribution in [2.24, 2.45) is 5.73 Å². The molecule has 1 unspecified atom stereocenters. The van der Waals surface area contributed by atoms with Crippen LogP contribution >= 0.6 is 0 Å². The van der Waals surface area contributed by atoms with Crippen LogP contribution in [0.3, 0.4) is 0 Å². The van der Waals surface area contributed by atoms with E-state index in [2.05, 4.69) is 0 Å². The first-order valence-corrected chi connectivity index (χ1v) is 6.46. The van der Waals surface area contributed by atoms with Crippen molar-refractivity contribution in [1.29, 1.82) is 0 Å². The monoisotopic (exact) mass is 247 g/mol. The summed E-state index contributed by atoms with van der Waals surface area (Å²) in [5.41, 5.74) is 5.56. The van der Waals surface area contributed by atoms with Crippen molar-refractivity contribution in [1.82, 2.24) is 0 Å². The van der Waals surface area contributed by atoms with Crippen molar-refractivity contribution >= 4 is 9.84 Å². The third-order valence-electron chi connectivity index (χ3n) is 2.31. The highest BCUT2D eigenvalue weighted by molar-refractivity contribution is 7.91. The first kappa shape index (κ1) is 13.1. The molecular formula is C10H14FNO3S. The first-order chi connectivity index (χ1) is 7.42. The molecule has 0 fully saturated rings. The van der Waals surface area contributed by atoms with E-state index in [4.69, 9.17) is 10.8 Å². The van der Waals surface area contributed by atoms with Gasteiger partial charge in [-0.1, -0.05) is 13.0 Å². The Kier molecular flexibility index (Phi) is 4.01. The molecule has 6 heteroatoms. The summed E-state index contributed by atoms with van der Waals surface area (Å²) in [5, 5.41) is 8.78. The standard InChI is InChI=1S/C10H14FNO3S/c1-2-16(14,15)7-3-4-8(9(11)5-7)10(12)6-13/h3-5,10,13H,2,6,12H2,1H3. The molecule has 0 aliphatic carbocycles. The van der Waals surface area contributed by atoms with E-state index < -0.39 is 28.3 Å². The Labute approximate surface area is 93.8 Å². The number of aliphatic hydroxyl groups is 1. The molecule has 0 heterocycles. The summed E-state index contributed by atoms with van der Waals surface area (Å²) < 4.78 is 36.4. The highest BCUT2D eigenvalue weighted by atomic mass is 32.2. The molecule has 0 amide bonds. The number of nitrogens with two attached hydrogens (primary N) is 1. The maximum absolute atomic E-state index is 13.5. The van der Waals surface area contributed by atoms with Crippen LogP contribution in [-0.2, 0) is 9.84 Å². The van der Waals surface area contributed by atoms with Gasteiger partial charge in [-0.25, -0.2) is 12.8 Å². The molecule has 16 heavy (non-hydrogen) atoms. The molecule has 1 aromatic rings. The van der Waals surface area contributed by atoms with Crippen molar-refractivity contribution < 1.29 is 17.9 Å². The van der Waals surface area contributed by atoms with Crippen molar-refractivity contribution in [3.8, 4) is 0 Å². The minimum absolute atomic E-state index is 0.0682. The predicted molar refractivity (Wildman–Crippen MR) is 58.1 cm³/mol. The predicted octanol–water partition coefficient (Wildman–Crippen LogP) is 0.611. The van der Waals surface area contributed by atoms with Gasteiger partial charge >= 0.3 is 0 Å². The second kappa shape index (κ2) is 4.90. The molecule has 0 aromatic heterocycles. The van der Waals surface area contributed by atoms with Crippen molar-refractivity contribution in [2.75, 3.05) is 12.4 Å². The summed E-state index contributed by atoms with van der Waals surface area (Å²) in [6.45, 7) is 1.09. The van der Waals surface area contributed by atoms with Crippen LogP contribution in [0.5, 0.6) is 0 Å². The van der Waals surface area contributed by atoms with E-state index in [9.17, 15) is 12.8 Å². The lowest BCUT2D eigenvalue weighted by molar-refractivity contribution is 0.265. The number of hydrogen-bond acceptors (Lipinski definition) is 4. The van der Waals surface area contributed by atoms with E-state index in [1.807, 2.05) is 0 Å². The van der Waals surface area contributed by atoms with Gasteiger partial charge in [-0.3, -0.25) is 0 Å². The molecule has 0 saturated carbocycles. The molecule has 1 rings (SSSR count). The fourth-order valence-electron chi connectivity index (χ4n) is 1.27. The van der Waals surface area contributed by atoms with E-state index in [1.165, 1.54) is 19.1 Å². The highest BCUT2D eigenvalue weighted by Gasteiger charge is 2.16. The van der Waals surface area contributed by atoms with E-state index in [1.54, 1.807) is 0 Å². The smallest absolute Gasteiger partial charge is 0.178 e. The van der Waals surface area contributed by atoms with E-state index in [0.29, 0.717) is 0 Å². The molecule has 0 spiro atoms. The number of benzene rings is 1. The summed E-state index contributed by atoms with van der Waals surface area (Å²) in [6, 6.07) is 2.69. The fourth-order valence-corrected chi connectivity index (χ4v) is 2.16. The van der Waals surface area contributed by atoms with Crippen molar-refractivity contribution in [3.05, 3.63) is 29.6 Å². The average Bonchev–Trinajstić information content (AvgIpc) is 2.28. The SMILES string of the molecule is CCS(=O)(=O)c1ccc(C(N)CO)c(F)c1. The summed E-state index contributed by atoms with van der Waals surface area (Å²) in [7, 11) is -3.41. The minimum Gasteiger partial charge on any atom is -0.394 e. The Bertz CT molecular complexity index is 473. The Morgan fingerprint density at radius 2 is 2.12 bits per heavy atom. The first-order valence-electron chi connectivity index (χ1n) is 4.81. The molecular weight excluding hydrogens is 233 g/mol. The van der Waals surface area contributed by atoms with Gasteiger partial charge in [0.15, 0.2) is 9.84 Å². The highest BCUT2D eigenvalue weighted by Crippen LogP contribution is 2.19. The van der Waals surface area contributed by atoms with Crippen molar-refractivity contribution in [2.45, 2.75) is 17.9 Å². The Hall–Kier alpha value is -0.980. The molecule has 0 saturated heterocycles. The number of halogens is 1. The molecule has 90 valence electrons. The van der Waals surface area contributed by atoms with Crippen LogP contribution < -0.4 is 5.73 Å². The number of rotatable bonds is 4. The quantitative estimate of drug-likeness (QED) is 0.817. The van der Waals surface area contributed by atoms with Crippen LogP contribution in [0, 0.1) is 5.82 Å². The zero-order chi connectivity index (χ0) is 12.3. The summed E-state index contributed by atoms with van der Waals surface area (Å²) in [6.07, 6.45) is 0. The van der Waals surface area contributed by atoms with Gasteiger partial charge in [0.25, 0.3) is 0 Å². The maximum atomic E-state index is 13.5. The zero-order valence-electron chi connectivity index (χ0n) is 8.85. The second-order valence-corrected chi connectivity index (χ2v) is 5.65. The third-order valence-corrected chi connectivity index (χ3v) is 4.04. The van der Waals surface area contributed by atoms with Crippen LogP contribution in [0.2, 0.25) is 0 Å². The average molecular weight is 247 g/mol. The normalized spacial score (nSPS) is 13.8. The van der Waals surface area contributed by atoms with E-state index in [-0.39, 0.29) is 16.2 Å². The van der Waals surface area contributed by atoms with Crippen molar-refractivity contribution in [3.63, 3.8) is 0 Å². The third kappa shape index (κ3) is 2.58. The van der Waals surface area contributed by atoms with Crippen LogP contribution in [-0.4, -0.2) is 25.9 Å².